The molecule has 2 saturated heterocycles. The molecule has 2 aliphatic heterocycles. The van der Waals surface area contributed by atoms with Crippen LogP contribution in [0.4, 0.5) is 0 Å². The van der Waals surface area contributed by atoms with E-state index in [1.54, 1.807) is 0 Å². The molecule has 0 amide bonds. The zero-order chi connectivity index (χ0) is 20.4. The highest BCUT2D eigenvalue weighted by Gasteiger charge is 2.55. The molecule has 2 aliphatic rings. The molecule has 0 saturated carbocycles. The van der Waals surface area contributed by atoms with Crippen LogP contribution >= 0.6 is 11.3 Å². The van der Waals surface area contributed by atoms with E-state index in [-0.39, 0.29) is 0 Å². The lowest BCUT2D eigenvalue weighted by Crippen LogP contribution is -2.41. The second-order valence-electron chi connectivity index (χ2n) is 9.10. The number of rotatable bonds is 3. The molecule has 3 heterocycles. The van der Waals surface area contributed by atoms with E-state index in [9.17, 15) is 4.79 Å². The van der Waals surface area contributed by atoms with Crippen molar-refractivity contribution in [3.05, 3.63) is 10.9 Å². The molecule has 1 aromatic heterocycles. The molecular weight excluding hydrogens is 366 g/mol. The first-order chi connectivity index (χ1) is 12.2. The van der Waals surface area contributed by atoms with Gasteiger partial charge in [0.05, 0.1) is 29.5 Å². The van der Waals surface area contributed by atoms with E-state index >= 15 is 0 Å². The molecule has 2 fully saturated rings. The van der Waals surface area contributed by atoms with E-state index in [4.69, 9.17) is 23.4 Å². The van der Waals surface area contributed by atoms with Gasteiger partial charge in [0.25, 0.3) is 0 Å². The van der Waals surface area contributed by atoms with Gasteiger partial charge in [0, 0.05) is 10.2 Å². The molecule has 148 valence electrons. The second kappa shape index (κ2) is 6.32. The Morgan fingerprint density at radius 2 is 1.26 bits per heavy atom. The maximum Gasteiger partial charge on any atom is 0.505 e. The molecule has 0 bridgehead atoms. The van der Waals surface area contributed by atoms with E-state index in [2.05, 4.69) is 0 Å². The number of thiophene rings is 1. The molecule has 1 aromatic rings. The monoisotopic (exact) mass is 394 g/mol. The average Bonchev–Trinajstić information content (AvgIpc) is 3.11. The first-order valence-corrected chi connectivity index (χ1v) is 9.96. The molecule has 0 N–H and O–H groups in total. The third-order valence-corrected chi connectivity index (χ3v) is 7.30. The van der Waals surface area contributed by atoms with Crippen molar-refractivity contribution in [3.8, 4) is 0 Å². The van der Waals surface area contributed by atoms with E-state index in [1.165, 1.54) is 18.4 Å². The summed E-state index contributed by atoms with van der Waals surface area (Å²) in [4.78, 5) is 12.8. The van der Waals surface area contributed by atoms with Crippen molar-refractivity contribution in [1.29, 1.82) is 0 Å². The number of carbonyl (C=O) groups excluding carboxylic acids is 1. The van der Waals surface area contributed by atoms with Gasteiger partial charge in [-0.2, -0.15) is 0 Å². The Labute approximate surface area is 166 Å². The molecule has 0 aliphatic carbocycles. The van der Waals surface area contributed by atoms with Crippen LogP contribution in [0.1, 0.15) is 65.1 Å². The van der Waals surface area contributed by atoms with Crippen LogP contribution in [0.2, 0.25) is 0 Å². The highest BCUT2D eigenvalue weighted by molar-refractivity contribution is 7.25. The average molecular weight is 394 g/mol. The Morgan fingerprint density at radius 3 is 1.67 bits per heavy atom. The van der Waals surface area contributed by atoms with Crippen molar-refractivity contribution in [3.63, 3.8) is 0 Å². The Hall–Kier alpha value is -0.860. The summed E-state index contributed by atoms with van der Waals surface area (Å²) in [5, 5.41) is 0. The van der Waals surface area contributed by atoms with Crippen molar-refractivity contribution in [2.24, 2.45) is 0 Å². The molecular formula is C18H28B2O6S. The Morgan fingerprint density at radius 1 is 0.852 bits per heavy atom. The minimum Gasteiger partial charge on any atom is -0.465 e. The smallest absolute Gasteiger partial charge is 0.465 e. The lowest BCUT2D eigenvalue weighted by atomic mass is 9.76. The van der Waals surface area contributed by atoms with Gasteiger partial charge < -0.3 is 23.4 Å². The van der Waals surface area contributed by atoms with Crippen LogP contribution in [0.15, 0.2) is 6.07 Å². The Bertz CT molecular complexity index is 723. The van der Waals surface area contributed by atoms with Gasteiger partial charge in [-0.15, -0.1) is 11.3 Å². The summed E-state index contributed by atoms with van der Waals surface area (Å²) in [6.45, 7) is 15.9. The molecule has 0 unspecified atom stereocenters. The first-order valence-electron chi connectivity index (χ1n) is 9.14. The number of ether oxygens (including phenoxy) is 1. The van der Waals surface area contributed by atoms with Gasteiger partial charge in [0.15, 0.2) is 0 Å². The van der Waals surface area contributed by atoms with Crippen LogP contribution in [0.5, 0.6) is 0 Å². The first kappa shape index (κ1) is 20.9. The normalized spacial score (nSPS) is 25.1. The van der Waals surface area contributed by atoms with Crippen LogP contribution < -0.4 is 10.2 Å². The van der Waals surface area contributed by atoms with E-state index in [0.717, 1.165) is 4.78 Å². The number of hydrogen-bond donors (Lipinski definition) is 0. The summed E-state index contributed by atoms with van der Waals surface area (Å²) in [7, 11) is 0.154. The van der Waals surface area contributed by atoms with Gasteiger partial charge in [-0.05, 0) is 55.4 Å². The van der Waals surface area contributed by atoms with Gasteiger partial charge in [0.1, 0.15) is 4.88 Å². The Kier molecular flexibility index (Phi) is 4.88. The summed E-state index contributed by atoms with van der Waals surface area (Å²) >= 11 is 1.29. The number of esters is 1. The van der Waals surface area contributed by atoms with Gasteiger partial charge in [0.2, 0.25) is 0 Å². The van der Waals surface area contributed by atoms with Crippen LogP contribution in [0, 0.1) is 0 Å². The Balaban J connectivity index is 1.98. The fourth-order valence-corrected chi connectivity index (χ4v) is 3.95. The minimum absolute atomic E-state index is 0.424. The maximum atomic E-state index is 12.4. The number of hydrogen-bond acceptors (Lipinski definition) is 7. The van der Waals surface area contributed by atoms with E-state index in [0.29, 0.717) is 10.3 Å². The third-order valence-electron chi connectivity index (χ3n) is 6.14. The molecule has 0 radical (unpaired) electrons. The minimum atomic E-state index is -0.656. The predicted octanol–water partition coefficient (Wildman–Crippen LogP) is 2.13. The van der Waals surface area contributed by atoms with Crippen molar-refractivity contribution >= 4 is 41.8 Å². The van der Waals surface area contributed by atoms with Crippen molar-refractivity contribution in [1.82, 2.24) is 0 Å². The van der Waals surface area contributed by atoms with Crippen LogP contribution in [0.3, 0.4) is 0 Å². The van der Waals surface area contributed by atoms with Crippen molar-refractivity contribution in [2.75, 3.05) is 7.11 Å². The van der Waals surface area contributed by atoms with Gasteiger partial charge in [-0.1, -0.05) is 6.07 Å². The van der Waals surface area contributed by atoms with E-state index in [1.807, 2.05) is 61.5 Å². The maximum absolute atomic E-state index is 12.4. The zero-order valence-electron chi connectivity index (χ0n) is 17.6. The quantitative estimate of drug-likeness (QED) is 0.579. The summed E-state index contributed by atoms with van der Waals surface area (Å²) in [6, 6.07) is 1.88. The van der Waals surface area contributed by atoms with Gasteiger partial charge in [-0.3, -0.25) is 0 Å². The summed E-state index contributed by atoms with van der Waals surface area (Å²) in [6.07, 6.45) is 0. The topological polar surface area (TPSA) is 63.2 Å². The SMILES string of the molecule is COC(=O)c1sc(B2OC(C)(C)C(C)(C)O2)cc1B1OC(C)(C)C(C)(C)O1. The summed E-state index contributed by atoms with van der Waals surface area (Å²) in [5.41, 5.74) is -1.28. The predicted molar refractivity (Wildman–Crippen MR) is 107 cm³/mol. The van der Waals surface area contributed by atoms with Crippen LogP contribution in [0.25, 0.3) is 0 Å². The zero-order valence-corrected chi connectivity index (χ0v) is 18.4. The number of carbonyl (C=O) groups is 1. The molecule has 27 heavy (non-hydrogen) atoms. The van der Waals surface area contributed by atoms with E-state index < -0.39 is 42.6 Å². The summed E-state index contributed by atoms with van der Waals surface area (Å²) in [5.74, 6) is -0.424. The highest BCUT2D eigenvalue weighted by atomic mass is 32.1. The second-order valence-corrected chi connectivity index (χ2v) is 10.2. The molecule has 6 nitrogen and oxygen atoms in total. The number of methoxy groups -OCH3 is 1. The largest absolute Gasteiger partial charge is 0.505 e. The third kappa shape index (κ3) is 3.38. The molecule has 0 atom stereocenters. The van der Waals surface area contributed by atoms with Gasteiger partial charge in [-0.25, -0.2) is 4.79 Å². The summed E-state index contributed by atoms with van der Waals surface area (Å²) < 4.78 is 30.3. The van der Waals surface area contributed by atoms with Crippen LogP contribution in [-0.2, 0) is 23.4 Å². The lowest BCUT2D eigenvalue weighted by molar-refractivity contribution is 0.00578. The van der Waals surface area contributed by atoms with Crippen LogP contribution in [-0.4, -0.2) is 49.7 Å². The standard InChI is InChI=1S/C18H28B2O6S/c1-15(2)16(3,4)24-19(23-15)11-10-12(27-13(11)14(21)22-9)20-25-17(5,6)18(7,8)26-20/h10H,1-9H3. The molecule has 0 aromatic carbocycles. The lowest BCUT2D eigenvalue weighted by Gasteiger charge is -2.32. The fourth-order valence-electron chi connectivity index (χ4n) is 2.90. The fraction of sp³-hybridized carbons (Fsp3) is 0.722. The molecule has 0 spiro atoms. The van der Waals surface area contributed by atoms with Crippen molar-refractivity contribution in [2.45, 2.75) is 77.8 Å². The van der Waals surface area contributed by atoms with Gasteiger partial charge >= 0.3 is 20.2 Å². The van der Waals surface area contributed by atoms with Crippen molar-refractivity contribution < 1.29 is 28.1 Å². The highest BCUT2D eigenvalue weighted by Crippen LogP contribution is 2.38. The molecule has 9 heteroatoms. The molecule has 3 rings (SSSR count).